The Morgan fingerprint density at radius 1 is 1.06 bits per heavy atom. The van der Waals surface area contributed by atoms with Gasteiger partial charge in [-0.05, 0) is 12.8 Å². The molecule has 0 aromatic rings. The molecule has 16 heavy (non-hydrogen) atoms. The molecule has 3 N–H and O–H groups in total. The topological polar surface area (TPSA) is 104 Å². The molecule has 0 aromatic carbocycles. The number of aliphatic carboxylic acids is 1. The SMILES string of the molecule is O=C(O)CCCCCCCC(O)C(=O)OO. The van der Waals surface area contributed by atoms with Gasteiger partial charge in [-0.15, -0.1) is 0 Å². The molecule has 1 atom stereocenters. The number of carboxylic acid groups (broad SMARTS) is 1. The Morgan fingerprint density at radius 2 is 1.62 bits per heavy atom. The van der Waals surface area contributed by atoms with E-state index in [1.54, 1.807) is 0 Å². The van der Waals surface area contributed by atoms with Crippen LogP contribution in [0.1, 0.15) is 44.9 Å². The van der Waals surface area contributed by atoms with Gasteiger partial charge in [0.05, 0.1) is 0 Å². The van der Waals surface area contributed by atoms with Gasteiger partial charge in [-0.1, -0.05) is 25.7 Å². The summed E-state index contributed by atoms with van der Waals surface area (Å²) >= 11 is 0. The lowest BCUT2D eigenvalue weighted by atomic mass is 10.1. The van der Waals surface area contributed by atoms with Crippen molar-refractivity contribution >= 4 is 11.9 Å². The van der Waals surface area contributed by atoms with Gasteiger partial charge in [0.2, 0.25) is 0 Å². The maximum absolute atomic E-state index is 10.6. The van der Waals surface area contributed by atoms with E-state index in [0.717, 1.165) is 19.3 Å². The highest BCUT2D eigenvalue weighted by molar-refractivity contribution is 5.73. The van der Waals surface area contributed by atoms with Gasteiger partial charge >= 0.3 is 11.9 Å². The molecule has 0 fully saturated rings. The van der Waals surface area contributed by atoms with E-state index < -0.39 is 18.0 Å². The van der Waals surface area contributed by atoms with Gasteiger partial charge < -0.3 is 10.2 Å². The van der Waals surface area contributed by atoms with Gasteiger partial charge in [0.25, 0.3) is 0 Å². The number of aliphatic hydroxyl groups is 1. The molecule has 0 saturated carbocycles. The third-order valence-corrected chi connectivity index (χ3v) is 2.23. The minimum Gasteiger partial charge on any atom is -0.481 e. The van der Waals surface area contributed by atoms with Gasteiger partial charge in [-0.2, -0.15) is 5.26 Å². The van der Waals surface area contributed by atoms with Crippen LogP contribution in [0, 0.1) is 0 Å². The predicted molar refractivity (Wildman–Crippen MR) is 54.7 cm³/mol. The van der Waals surface area contributed by atoms with Gasteiger partial charge in [0.15, 0.2) is 6.10 Å². The highest BCUT2D eigenvalue weighted by atomic mass is 17.1. The number of rotatable bonds is 9. The molecule has 0 rings (SSSR count). The van der Waals surface area contributed by atoms with Crippen LogP contribution in [0.4, 0.5) is 0 Å². The van der Waals surface area contributed by atoms with Crippen molar-refractivity contribution in [3.8, 4) is 0 Å². The summed E-state index contributed by atoms with van der Waals surface area (Å²) in [5.74, 6) is -1.83. The van der Waals surface area contributed by atoms with Crippen LogP contribution in [-0.4, -0.2) is 33.5 Å². The van der Waals surface area contributed by atoms with Crippen LogP contribution in [0.25, 0.3) is 0 Å². The number of carboxylic acids is 1. The van der Waals surface area contributed by atoms with Gasteiger partial charge in [-0.25, -0.2) is 4.79 Å². The van der Waals surface area contributed by atoms with Crippen LogP contribution in [-0.2, 0) is 14.5 Å². The second kappa shape index (κ2) is 9.11. The lowest BCUT2D eigenvalue weighted by molar-refractivity contribution is -0.242. The van der Waals surface area contributed by atoms with E-state index in [0.29, 0.717) is 12.8 Å². The summed E-state index contributed by atoms with van der Waals surface area (Å²) in [4.78, 5) is 24.1. The summed E-state index contributed by atoms with van der Waals surface area (Å²) in [6.45, 7) is 0. The smallest absolute Gasteiger partial charge is 0.370 e. The largest absolute Gasteiger partial charge is 0.481 e. The van der Waals surface area contributed by atoms with Crippen molar-refractivity contribution in [2.75, 3.05) is 0 Å². The van der Waals surface area contributed by atoms with E-state index in [2.05, 4.69) is 4.89 Å². The third kappa shape index (κ3) is 8.19. The molecule has 0 radical (unpaired) electrons. The van der Waals surface area contributed by atoms with E-state index in [1.165, 1.54) is 0 Å². The van der Waals surface area contributed by atoms with Crippen molar-refractivity contribution in [3.05, 3.63) is 0 Å². The van der Waals surface area contributed by atoms with E-state index in [4.69, 9.17) is 15.5 Å². The molecule has 0 heterocycles. The molecular weight excluding hydrogens is 216 g/mol. The molecule has 0 amide bonds. The van der Waals surface area contributed by atoms with Crippen LogP contribution in [0.15, 0.2) is 0 Å². The van der Waals surface area contributed by atoms with Crippen LogP contribution >= 0.6 is 0 Å². The Kier molecular flexibility index (Phi) is 8.46. The minimum absolute atomic E-state index is 0.180. The van der Waals surface area contributed by atoms with Gasteiger partial charge in [-0.3, -0.25) is 9.68 Å². The fourth-order valence-electron chi connectivity index (χ4n) is 1.32. The van der Waals surface area contributed by atoms with E-state index in [-0.39, 0.29) is 12.8 Å². The number of unbranched alkanes of at least 4 members (excludes halogenated alkanes) is 4. The van der Waals surface area contributed by atoms with Gasteiger partial charge in [0.1, 0.15) is 0 Å². The molecule has 0 spiro atoms. The molecule has 0 aromatic heterocycles. The Labute approximate surface area is 93.8 Å². The zero-order valence-corrected chi connectivity index (χ0v) is 9.09. The van der Waals surface area contributed by atoms with Crippen LogP contribution in [0.5, 0.6) is 0 Å². The number of hydrogen-bond acceptors (Lipinski definition) is 5. The summed E-state index contributed by atoms with van der Waals surface area (Å²) in [5, 5.41) is 25.4. The Morgan fingerprint density at radius 3 is 2.19 bits per heavy atom. The molecule has 0 aliphatic carbocycles. The third-order valence-electron chi connectivity index (χ3n) is 2.23. The standard InChI is InChI=1S/C10H18O6/c11-8(10(14)16-15)6-4-2-1-3-5-7-9(12)13/h8,11,15H,1-7H2,(H,12,13). The van der Waals surface area contributed by atoms with Crippen molar-refractivity contribution in [3.63, 3.8) is 0 Å². The molecule has 1 unspecified atom stereocenters. The van der Waals surface area contributed by atoms with Crippen molar-refractivity contribution in [2.45, 2.75) is 51.0 Å². The zero-order valence-electron chi connectivity index (χ0n) is 9.09. The average Bonchev–Trinajstić information content (AvgIpc) is 2.25. The van der Waals surface area contributed by atoms with E-state index >= 15 is 0 Å². The molecule has 0 saturated heterocycles. The van der Waals surface area contributed by atoms with Gasteiger partial charge in [0, 0.05) is 6.42 Å². The first kappa shape index (κ1) is 14.9. The highest BCUT2D eigenvalue weighted by Gasteiger charge is 2.15. The van der Waals surface area contributed by atoms with Crippen LogP contribution < -0.4 is 0 Å². The second-order valence-corrected chi connectivity index (χ2v) is 3.63. The minimum atomic E-state index is -1.27. The summed E-state index contributed by atoms with van der Waals surface area (Å²) in [6.07, 6.45) is 2.96. The lowest BCUT2D eigenvalue weighted by Crippen LogP contribution is -2.21. The average molecular weight is 234 g/mol. The first-order chi connectivity index (χ1) is 7.57. The maximum atomic E-state index is 10.6. The lowest BCUT2D eigenvalue weighted by Gasteiger charge is -2.05. The molecule has 0 aliphatic rings. The number of carbonyl (C=O) groups excluding carboxylic acids is 1. The Bertz CT molecular complexity index is 215. The quantitative estimate of drug-likeness (QED) is 0.314. The first-order valence-corrected chi connectivity index (χ1v) is 5.33. The summed E-state index contributed by atoms with van der Waals surface area (Å²) in [6, 6.07) is 0. The molecule has 6 nitrogen and oxygen atoms in total. The number of hydrogen-bond donors (Lipinski definition) is 3. The maximum Gasteiger partial charge on any atom is 0.370 e. The molecule has 0 bridgehead atoms. The van der Waals surface area contributed by atoms with Crippen molar-refractivity contribution in [2.24, 2.45) is 0 Å². The summed E-state index contributed by atoms with van der Waals surface area (Å²) < 4.78 is 0. The second-order valence-electron chi connectivity index (χ2n) is 3.63. The van der Waals surface area contributed by atoms with Crippen LogP contribution in [0.3, 0.4) is 0 Å². The fraction of sp³-hybridized carbons (Fsp3) is 0.800. The van der Waals surface area contributed by atoms with E-state index in [9.17, 15) is 9.59 Å². The monoisotopic (exact) mass is 234 g/mol. The Hall–Kier alpha value is -1.14. The normalized spacial score (nSPS) is 12.1. The fourth-order valence-corrected chi connectivity index (χ4v) is 1.32. The molecular formula is C10H18O6. The molecule has 0 aliphatic heterocycles. The van der Waals surface area contributed by atoms with E-state index in [1.807, 2.05) is 0 Å². The predicted octanol–water partition coefficient (Wildman–Crippen LogP) is 1.18. The van der Waals surface area contributed by atoms with Crippen LogP contribution in [0.2, 0.25) is 0 Å². The zero-order chi connectivity index (χ0) is 12.4. The number of carbonyl (C=O) groups is 2. The molecule has 6 heteroatoms. The number of aliphatic hydroxyl groups excluding tert-OH is 1. The molecule has 94 valence electrons. The highest BCUT2D eigenvalue weighted by Crippen LogP contribution is 2.09. The van der Waals surface area contributed by atoms with Crippen molar-refractivity contribution < 1.29 is 29.9 Å². The summed E-state index contributed by atoms with van der Waals surface area (Å²) in [7, 11) is 0. The first-order valence-electron chi connectivity index (χ1n) is 5.33. The van der Waals surface area contributed by atoms with Crippen molar-refractivity contribution in [1.82, 2.24) is 0 Å². The van der Waals surface area contributed by atoms with Crippen molar-refractivity contribution in [1.29, 1.82) is 0 Å². The summed E-state index contributed by atoms with van der Waals surface area (Å²) in [5.41, 5.74) is 0. The Balaban J connectivity index is 3.27.